The first kappa shape index (κ1) is 16.3. The van der Waals surface area contributed by atoms with Gasteiger partial charge in [0.25, 0.3) is 0 Å². The average Bonchev–Trinajstić information content (AvgIpc) is 2.38. The molecule has 1 aromatic rings. The summed E-state index contributed by atoms with van der Waals surface area (Å²) < 4.78 is 5.40. The van der Waals surface area contributed by atoms with Crippen molar-refractivity contribution in [3.8, 4) is 0 Å². The van der Waals surface area contributed by atoms with Gasteiger partial charge in [-0.1, -0.05) is 18.5 Å². The number of ether oxygens (including phenoxy) is 1. The monoisotopic (exact) mass is 284 g/mol. The van der Waals surface area contributed by atoms with E-state index in [1.54, 1.807) is 0 Å². The largest absolute Gasteiger partial charge is 0.380 e. The van der Waals surface area contributed by atoms with Crippen LogP contribution in [0.1, 0.15) is 25.8 Å². The zero-order chi connectivity index (χ0) is 14.3. The molecular formula is C15H25ClN2O. The van der Waals surface area contributed by atoms with E-state index >= 15 is 0 Å². The van der Waals surface area contributed by atoms with Crippen LogP contribution in [0, 0.1) is 0 Å². The van der Waals surface area contributed by atoms with Crippen molar-refractivity contribution in [2.75, 3.05) is 31.7 Å². The van der Waals surface area contributed by atoms with Crippen LogP contribution in [0.3, 0.4) is 0 Å². The number of nitrogens with two attached hydrogens (primary N) is 1. The molecule has 0 saturated carbocycles. The van der Waals surface area contributed by atoms with Gasteiger partial charge in [0.2, 0.25) is 0 Å². The molecule has 1 rings (SSSR count). The second-order valence-corrected chi connectivity index (χ2v) is 5.20. The topological polar surface area (TPSA) is 38.5 Å². The standard InChI is InChI=1S/C15H25ClN2O/c1-4-14(17)11-12-10-13(16)6-7-15(12)18(3)8-9-19-5-2/h6-7,10,14H,4-5,8-9,11,17H2,1-3H3. The van der Waals surface area contributed by atoms with Crippen LogP contribution in [-0.4, -0.2) is 32.8 Å². The van der Waals surface area contributed by atoms with Gasteiger partial charge < -0.3 is 15.4 Å². The molecule has 19 heavy (non-hydrogen) atoms. The molecule has 0 aliphatic carbocycles. The molecule has 0 aliphatic heterocycles. The van der Waals surface area contributed by atoms with Crippen LogP contribution in [0.4, 0.5) is 5.69 Å². The minimum Gasteiger partial charge on any atom is -0.380 e. The fraction of sp³-hybridized carbons (Fsp3) is 0.600. The van der Waals surface area contributed by atoms with Crippen molar-refractivity contribution in [3.05, 3.63) is 28.8 Å². The highest BCUT2D eigenvalue weighted by Crippen LogP contribution is 2.25. The van der Waals surface area contributed by atoms with Crippen LogP contribution in [0.5, 0.6) is 0 Å². The number of anilines is 1. The summed E-state index contributed by atoms with van der Waals surface area (Å²) in [7, 11) is 2.07. The highest BCUT2D eigenvalue weighted by atomic mass is 35.5. The molecule has 0 saturated heterocycles. The van der Waals surface area contributed by atoms with Gasteiger partial charge in [-0.3, -0.25) is 0 Å². The molecule has 0 fully saturated rings. The van der Waals surface area contributed by atoms with E-state index in [1.165, 1.54) is 11.3 Å². The smallest absolute Gasteiger partial charge is 0.0641 e. The second-order valence-electron chi connectivity index (χ2n) is 4.76. The minimum absolute atomic E-state index is 0.178. The highest BCUT2D eigenvalue weighted by molar-refractivity contribution is 6.30. The van der Waals surface area contributed by atoms with E-state index in [-0.39, 0.29) is 6.04 Å². The normalized spacial score (nSPS) is 12.5. The molecule has 0 spiro atoms. The second kappa shape index (κ2) is 8.41. The van der Waals surface area contributed by atoms with E-state index in [0.29, 0.717) is 0 Å². The number of nitrogens with zero attached hydrogens (tertiary/aromatic N) is 1. The molecule has 1 aromatic carbocycles. The molecule has 0 bridgehead atoms. The molecule has 3 nitrogen and oxygen atoms in total. The third kappa shape index (κ3) is 5.39. The highest BCUT2D eigenvalue weighted by Gasteiger charge is 2.11. The molecule has 1 atom stereocenters. The Morgan fingerprint density at radius 1 is 1.37 bits per heavy atom. The zero-order valence-corrected chi connectivity index (χ0v) is 12.9. The van der Waals surface area contributed by atoms with Crippen LogP contribution in [0.2, 0.25) is 5.02 Å². The molecule has 1 unspecified atom stereocenters. The maximum atomic E-state index is 6.09. The van der Waals surface area contributed by atoms with E-state index in [0.717, 1.165) is 37.6 Å². The summed E-state index contributed by atoms with van der Waals surface area (Å²) in [5.74, 6) is 0. The molecular weight excluding hydrogens is 260 g/mol. The van der Waals surface area contributed by atoms with Gasteiger partial charge in [-0.25, -0.2) is 0 Å². The lowest BCUT2D eigenvalue weighted by Gasteiger charge is -2.23. The molecule has 0 aromatic heterocycles. The number of benzene rings is 1. The Labute approximate surface area is 121 Å². The number of halogens is 1. The average molecular weight is 285 g/mol. The summed E-state index contributed by atoms with van der Waals surface area (Å²) >= 11 is 6.09. The summed E-state index contributed by atoms with van der Waals surface area (Å²) in [4.78, 5) is 2.20. The van der Waals surface area contributed by atoms with Gasteiger partial charge in [-0.05, 0) is 43.5 Å². The first-order valence-electron chi connectivity index (χ1n) is 6.91. The third-order valence-corrected chi connectivity index (χ3v) is 3.47. The van der Waals surface area contributed by atoms with E-state index in [9.17, 15) is 0 Å². The summed E-state index contributed by atoms with van der Waals surface area (Å²) in [6, 6.07) is 6.18. The van der Waals surface area contributed by atoms with E-state index in [1.807, 2.05) is 19.1 Å². The minimum atomic E-state index is 0.178. The zero-order valence-electron chi connectivity index (χ0n) is 12.2. The predicted octanol–water partition coefficient (Wildman–Crippen LogP) is 3.09. The lowest BCUT2D eigenvalue weighted by molar-refractivity contribution is 0.154. The molecule has 0 heterocycles. The van der Waals surface area contributed by atoms with Crippen LogP contribution in [0.25, 0.3) is 0 Å². The fourth-order valence-corrected chi connectivity index (χ4v) is 2.18. The molecule has 108 valence electrons. The third-order valence-electron chi connectivity index (χ3n) is 3.23. The van der Waals surface area contributed by atoms with E-state index in [4.69, 9.17) is 22.1 Å². The first-order chi connectivity index (χ1) is 9.08. The van der Waals surface area contributed by atoms with Crippen molar-refractivity contribution in [1.82, 2.24) is 0 Å². The summed E-state index contributed by atoms with van der Waals surface area (Å²) in [5.41, 5.74) is 8.46. The Bertz CT molecular complexity index is 384. The van der Waals surface area contributed by atoms with Crippen molar-refractivity contribution in [3.63, 3.8) is 0 Å². The van der Waals surface area contributed by atoms with E-state index in [2.05, 4.69) is 24.9 Å². The maximum absolute atomic E-state index is 6.09. The van der Waals surface area contributed by atoms with Crippen LogP contribution >= 0.6 is 11.6 Å². The maximum Gasteiger partial charge on any atom is 0.0641 e. The Kier molecular flexibility index (Phi) is 7.21. The van der Waals surface area contributed by atoms with Gasteiger partial charge in [0, 0.05) is 37.0 Å². The van der Waals surface area contributed by atoms with Crippen molar-refractivity contribution in [2.24, 2.45) is 5.73 Å². The number of hydrogen-bond acceptors (Lipinski definition) is 3. The van der Waals surface area contributed by atoms with Gasteiger partial charge >= 0.3 is 0 Å². The lowest BCUT2D eigenvalue weighted by Crippen LogP contribution is -2.26. The molecule has 2 N–H and O–H groups in total. The molecule has 0 radical (unpaired) electrons. The quantitative estimate of drug-likeness (QED) is 0.746. The fourth-order valence-electron chi connectivity index (χ4n) is 1.98. The van der Waals surface area contributed by atoms with Gasteiger partial charge in [-0.2, -0.15) is 0 Å². The predicted molar refractivity (Wildman–Crippen MR) is 83.2 cm³/mol. The van der Waals surface area contributed by atoms with Gasteiger partial charge in [0.05, 0.1) is 6.61 Å². The van der Waals surface area contributed by atoms with Gasteiger partial charge in [0.1, 0.15) is 0 Å². The van der Waals surface area contributed by atoms with Crippen molar-refractivity contribution < 1.29 is 4.74 Å². The van der Waals surface area contributed by atoms with Gasteiger partial charge in [-0.15, -0.1) is 0 Å². The van der Waals surface area contributed by atoms with E-state index < -0.39 is 0 Å². The lowest BCUT2D eigenvalue weighted by atomic mass is 10.0. The number of likely N-dealkylation sites (N-methyl/N-ethyl adjacent to an activating group) is 1. The van der Waals surface area contributed by atoms with Crippen molar-refractivity contribution >= 4 is 17.3 Å². The van der Waals surface area contributed by atoms with Crippen molar-refractivity contribution in [2.45, 2.75) is 32.7 Å². The number of hydrogen-bond donors (Lipinski definition) is 1. The Hall–Kier alpha value is -0.770. The molecule has 0 amide bonds. The summed E-state index contributed by atoms with van der Waals surface area (Å²) in [5, 5.41) is 0.764. The number of rotatable bonds is 8. The van der Waals surface area contributed by atoms with Gasteiger partial charge in [0.15, 0.2) is 0 Å². The van der Waals surface area contributed by atoms with Crippen LogP contribution in [0.15, 0.2) is 18.2 Å². The Morgan fingerprint density at radius 3 is 2.74 bits per heavy atom. The van der Waals surface area contributed by atoms with Crippen LogP contribution < -0.4 is 10.6 Å². The van der Waals surface area contributed by atoms with Crippen molar-refractivity contribution in [1.29, 1.82) is 0 Å². The Balaban J connectivity index is 2.80. The first-order valence-corrected chi connectivity index (χ1v) is 7.29. The SMILES string of the molecule is CCOCCN(C)c1ccc(Cl)cc1CC(N)CC. The van der Waals surface area contributed by atoms with Crippen LogP contribution in [-0.2, 0) is 11.2 Å². The summed E-state index contributed by atoms with van der Waals surface area (Å²) in [6.45, 7) is 6.46. The summed E-state index contributed by atoms with van der Waals surface area (Å²) in [6.07, 6.45) is 1.82. The Morgan fingerprint density at radius 2 is 2.11 bits per heavy atom. The molecule has 4 heteroatoms. The molecule has 0 aliphatic rings.